The molecule has 1 aromatic rings. The highest BCUT2D eigenvalue weighted by molar-refractivity contribution is 5.93. The van der Waals surface area contributed by atoms with Crippen molar-refractivity contribution in [2.45, 2.75) is 51.3 Å². The predicted molar refractivity (Wildman–Crippen MR) is 99.0 cm³/mol. The Kier molecular flexibility index (Phi) is 5.45. The summed E-state index contributed by atoms with van der Waals surface area (Å²) in [6.07, 6.45) is 5.81. The van der Waals surface area contributed by atoms with Crippen molar-refractivity contribution in [1.29, 1.82) is 0 Å². The van der Waals surface area contributed by atoms with Gasteiger partial charge in [0.1, 0.15) is 0 Å². The Morgan fingerprint density at radius 1 is 1.15 bits per heavy atom. The number of aliphatic hydroxyl groups excluding tert-OH is 1. The Hall–Kier alpha value is -1.93. The van der Waals surface area contributed by atoms with Crippen molar-refractivity contribution in [2.75, 3.05) is 32.7 Å². The van der Waals surface area contributed by atoms with Gasteiger partial charge < -0.3 is 24.8 Å². The van der Waals surface area contributed by atoms with E-state index in [-0.39, 0.29) is 23.8 Å². The summed E-state index contributed by atoms with van der Waals surface area (Å²) in [5.74, 6) is -0.140. The SMILES string of the molecule is O=C(NCCN1CCCC1)c1ncn2c1CN(C(=O)C1CC(O)C1)CCC2. The maximum absolute atomic E-state index is 12.7. The molecule has 2 N–H and O–H groups in total. The van der Waals surface area contributed by atoms with E-state index in [4.69, 9.17) is 0 Å². The van der Waals surface area contributed by atoms with Crippen LogP contribution in [0.2, 0.25) is 0 Å². The van der Waals surface area contributed by atoms with Gasteiger partial charge in [-0.1, -0.05) is 0 Å². The van der Waals surface area contributed by atoms with E-state index in [0.29, 0.717) is 38.2 Å². The third-order valence-electron chi connectivity index (χ3n) is 6.02. The number of rotatable bonds is 5. The maximum Gasteiger partial charge on any atom is 0.271 e. The second kappa shape index (κ2) is 7.98. The lowest BCUT2D eigenvalue weighted by molar-refractivity contribution is -0.143. The quantitative estimate of drug-likeness (QED) is 0.768. The molecule has 1 aliphatic carbocycles. The number of aliphatic hydroxyl groups is 1. The van der Waals surface area contributed by atoms with Crippen LogP contribution in [-0.4, -0.2) is 75.1 Å². The Labute approximate surface area is 159 Å². The van der Waals surface area contributed by atoms with E-state index in [1.165, 1.54) is 12.8 Å². The largest absolute Gasteiger partial charge is 0.393 e. The summed E-state index contributed by atoms with van der Waals surface area (Å²) in [6.45, 7) is 5.58. The Morgan fingerprint density at radius 3 is 2.67 bits per heavy atom. The van der Waals surface area contributed by atoms with E-state index in [9.17, 15) is 14.7 Å². The number of nitrogens with one attached hydrogen (secondary N) is 1. The lowest BCUT2D eigenvalue weighted by atomic mass is 9.81. The van der Waals surface area contributed by atoms with Crippen LogP contribution >= 0.6 is 0 Å². The third kappa shape index (κ3) is 4.01. The average Bonchev–Trinajstić information content (AvgIpc) is 3.23. The number of hydrogen-bond donors (Lipinski definition) is 2. The van der Waals surface area contributed by atoms with Gasteiger partial charge in [-0.15, -0.1) is 0 Å². The molecule has 2 amide bonds. The lowest BCUT2D eigenvalue weighted by Gasteiger charge is -2.34. The molecule has 148 valence electrons. The van der Waals surface area contributed by atoms with Gasteiger partial charge in [0.2, 0.25) is 5.91 Å². The maximum atomic E-state index is 12.7. The molecule has 2 fully saturated rings. The molecular weight excluding hydrogens is 346 g/mol. The van der Waals surface area contributed by atoms with Crippen LogP contribution in [0.25, 0.3) is 0 Å². The van der Waals surface area contributed by atoms with Gasteiger partial charge in [0.05, 0.1) is 24.7 Å². The number of carbonyl (C=O) groups is 2. The predicted octanol–water partition coefficient (Wildman–Crippen LogP) is 0.212. The molecule has 4 rings (SSSR count). The fourth-order valence-corrected chi connectivity index (χ4v) is 4.30. The van der Waals surface area contributed by atoms with Crippen molar-refractivity contribution in [3.8, 4) is 0 Å². The van der Waals surface area contributed by atoms with Crippen LogP contribution in [0.15, 0.2) is 6.33 Å². The number of nitrogens with zero attached hydrogens (tertiary/aromatic N) is 4. The molecule has 1 saturated carbocycles. The van der Waals surface area contributed by atoms with Crippen LogP contribution in [0.5, 0.6) is 0 Å². The second-order valence-corrected chi connectivity index (χ2v) is 7.97. The summed E-state index contributed by atoms with van der Waals surface area (Å²) in [5.41, 5.74) is 1.25. The smallest absolute Gasteiger partial charge is 0.271 e. The van der Waals surface area contributed by atoms with Gasteiger partial charge in [0.15, 0.2) is 5.69 Å². The van der Waals surface area contributed by atoms with Gasteiger partial charge >= 0.3 is 0 Å². The minimum absolute atomic E-state index is 0.0767. The zero-order chi connectivity index (χ0) is 18.8. The topological polar surface area (TPSA) is 90.7 Å². The van der Waals surface area contributed by atoms with E-state index in [1.807, 2.05) is 9.47 Å². The highest BCUT2D eigenvalue weighted by Gasteiger charge is 2.37. The highest BCUT2D eigenvalue weighted by Crippen LogP contribution is 2.30. The summed E-state index contributed by atoms with van der Waals surface area (Å²) >= 11 is 0. The van der Waals surface area contributed by atoms with Crippen molar-refractivity contribution in [1.82, 2.24) is 24.7 Å². The van der Waals surface area contributed by atoms with E-state index in [1.54, 1.807) is 6.33 Å². The first kappa shape index (κ1) is 18.4. The molecule has 0 atom stereocenters. The minimum Gasteiger partial charge on any atom is -0.393 e. The van der Waals surface area contributed by atoms with Crippen LogP contribution in [0, 0.1) is 5.92 Å². The first-order chi connectivity index (χ1) is 13.1. The van der Waals surface area contributed by atoms with Gasteiger partial charge in [-0.25, -0.2) is 4.98 Å². The van der Waals surface area contributed by atoms with E-state index < -0.39 is 0 Å². The zero-order valence-electron chi connectivity index (χ0n) is 15.8. The molecule has 8 heteroatoms. The Morgan fingerprint density at radius 2 is 1.93 bits per heavy atom. The molecule has 0 bridgehead atoms. The molecule has 1 aromatic heterocycles. The first-order valence-corrected chi connectivity index (χ1v) is 10.1. The van der Waals surface area contributed by atoms with Gasteiger partial charge in [-0.05, 0) is 45.2 Å². The van der Waals surface area contributed by atoms with Gasteiger partial charge in [0.25, 0.3) is 5.91 Å². The summed E-state index contributed by atoms with van der Waals surface area (Å²) in [7, 11) is 0. The number of likely N-dealkylation sites (tertiary alicyclic amines) is 1. The second-order valence-electron chi connectivity index (χ2n) is 7.97. The van der Waals surface area contributed by atoms with Crippen LogP contribution in [0.3, 0.4) is 0 Å². The first-order valence-electron chi connectivity index (χ1n) is 10.1. The molecule has 3 aliphatic rings. The van der Waals surface area contributed by atoms with Gasteiger partial charge in [-0.2, -0.15) is 0 Å². The Balaban J connectivity index is 1.38. The van der Waals surface area contributed by atoms with Crippen molar-refractivity contribution in [3.05, 3.63) is 17.7 Å². The number of fused-ring (bicyclic) bond motifs is 1. The fourth-order valence-electron chi connectivity index (χ4n) is 4.30. The van der Waals surface area contributed by atoms with Crippen LogP contribution in [-0.2, 0) is 17.9 Å². The van der Waals surface area contributed by atoms with Gasteiger partial charge in [-0.3, -0.25) is 9.59 Å². The fraction of sp³-hybridized carbons (Fsp3) is 0.737. The summed E-state index contributed by atoms with van der Waals surface area (Å²) < 4.78 is 2.00. The molecule has 0 spiro atoms. The number of carbonyl (C=O) groups excluding carboxylic acids is 2. The summed E-state index contributed by atoms with van der Waals surface area (Å²) in [6, 6.07) is 0. The normalized spacial score (nSPS) is 25.6. The van der Waals surface area contributed by atoms with E-state index >= 15 is 0 Å². The molecule has 0 radical (unpaired) electrons. The van der Waals surface area contributed by atoms with Crippen molar-refractivity contribution in [3.63, 3.8) is 0 Å². The summed E-state index contributed by atoms with van der Waals surface area (Å²) in [4.78, 5) is 33.9. The third-order valence-corrected chi connectivity index (χ3v) is 6.02. The van der Waals surface area contributed by atoms with Crippen LogP contribution in [0.1, 0.15) is 48.3 Å². The standard InChI is InChI=1S/C19H29N5O3/c25-15-10-14(11-15)19(27)23-7-3-8-24-13-21-17(16(24)12-23)18(26)20-4-9-22-5-1-2-6-22/h13-15,25H,1-12H2,(H,20,26). The Bertz CT molecular complexity index is 692. The highest BCUT2D eigenvalue weighted by atomic mass is 16.3. The molecule has 8 nitrogen and oxygen atoms in total. The van der Waals surface area contributed by atoms with Crippen LogP contribution < -0.4 is 5.32 Å². The average molecular weight is 375 g/mol. The van der Waals surface area contributed by atoms with Crippen molar-refractivity contribution >= 4 is 11.8 Å². The molecule has 3 heterocycles. The van der Waals surface area contributed by atoms with E-state index in [0.717, 1.165) is 38.3 Å². The molecule has 1 saturated heterocycles. The monoisotopic (exact) mass is 375 g/mol. The van der Waals surface area contributed by atoms with Crippen molar-refractivity contribution < 1.29 is 14.7 Å². The summed E-state index contributed by atoms with van der Waals surface area (Å²) in [5, 5.41) is 12.5. The number of imidazole rings is 1. The lowest BCUT2D eigenvalue weighted by Crippen LogP contribution is -2.43. The minimum atomic E-state index is -0.339. The molecule has 0 unspecified atom stereocenters. The molecular formula is C19H29N5O3. The van der Waals surface area contributed by atoms with Crippen molar-refractivity contribution in [2.24, 2.45) is 5.92 Å². The molecule has 2 aliphatic heterocycles. The number of amides is 2. The van der Waals surface area contributed by atoms with E-state index in [2.05, 4.69) is 15.2 Å². The number of aryl methyl sites for hydroxylation is 1. The molecule has 27 heavy (non-hydrogen) atoms. The zero-order valence-corrected chi connectivity index (χ0v) is 15.8. The molecule has 0 aromatic carbocycles. The number of hydrogen-bond acceptors (Lipinski definition) is 5. The van der Waals surface area contributed by atoms with Crippen LogP contribution in [0.4, 0.5) is 0 Å². The van der Waals surface area contributed by atoms with Gasteiger partial charge in [0, 0.05) is 32.1 Å². The number of aromatic nitrogens is 2.